The smallest absolute Gasteiger partial charge is 0.292 e. The molecular formula is C11H15N3O5. The van der Waals surface area contributed by atoms with E-state index in [0.29, 0.717) is 0 Å². The number of aliphatic hydroxyl groups excluding tert-OH is 1. The Bertz CT molecular complexity index is 477. The van der Waals surface area contributed by atoms with Crippen LogP contribution in [0.3, 0.4) is 0 Å². The number of primary amides is 1. The maximum absolute atomic E-state index is 11.1. The third-order valence-corrected chi connectivity index (χ3v) is 2.43. The number of nitrogens with zero attached hydrogens (tertiary/aromatic N) is 1. The van der Waals surface area contributed by atoms with Crippen LogP contribution in [0.4, 0.5) is 11.4 Å². The Labute approximate surface area is 109 Å². The van der Waals surface area contributed by atoms with Crippen molar-refractivity contribution >= 4 is 17.3 Å². The summed E-state index contributed by atoms with van der Waals surface area (Å²) < 4.78 is 4.86. The predicted molar refractivity (Wildman–Crippen MR) is 68.0 cm³/mol. The normalized spacial score (nSPS) is 11.9. The number of nitro groups is 1. The van der Waals surface area contributed by atoms with Gasteiger partial charge in [0, 0.05) is 18.7 Å². The minimum atomic E-state index is -0.690. The fourth-order valence-corrected chi connectivity index (χ4v) is 1.53. The summed E-state index contributed by atoms with van der Waals surface area (Å²) in [5, 5.41) is 22.8. The van der Waals surface area contributed by atoms with Gasteiger partial charge in [-0.15, -0.1) is 0 Å². The molecule has 0 spiro atoms. The van der Waals surface area contributed by atoms with Crippen LogP contribution in [0.5, 0.6) is 0 Å². The van der Waals surface area contributed by atoms with Crippen LogP contribution in [0.25, 0.3) is 0 Å². The number of carbonyl (C=O) groups is 1. The van der Waals surface area contributed by atoms with Gasteiger partial charge in [0.15, 0.2) is 0 Å². The summed E-state index contributed by atoms with van der Waals surface area (Å²) >= 11 is 0. The number of anilines is 1. The van der Waals surface area contributed by atoms with Crippen LogP contribution < -0.4 is 11.1 Å². The van der Waals surface area contributed by atoms with Gasteiger partial charge in [-0.05, 0) is 12.1 Å². The summed E-state index contributed by atoms with van der Waals surface area (Å²) in [6.45, 7) is -0.111. The number of amides is 1. The van der Waals surface area contributed by atoms with Gasteiger partial charge in [0.05, 0.1) is 24.2 Å². The molecule has 0 aliphatic carbocycles. The Morgan fingerprint density at radius 1 is 1.63 bits per heavy atom. The summed E-state index contributed by atoms with van der Waals surface area (Å²) in [6.07, 6.45) is 0. The second kappa shape index (κ2) is 6.66. The highest BCUT2D eigenvalue weighted by atomic mass is 16.6. The molecule has 0 fully saturated rings. The van der Waals surface area contributed by atoms with E-state index in [9.17, 15) is 14.9 Å². The molecule has 0 bridgehead atoms. The van der Waals surface area contributed by atoms with Gasteiger partial charge in [-0.3, -0.25) is 14.9 Å². The van der Waals surface area contributed by atoms with Gasteiger partial charge in [0.2, 0.25) is 5.91 Å². The molecule has 8 heteroatoms. The number of nitro benzene ring substituents is 1. The van der Waals surface area contributed by atoms with Crippen molar-refractivity contribution in [1.29, 1.82) is 0 Å². The van der Waals surface area contributed by atoms with Gasteiger partial charge in [0.25, 0.3) is 5.69 Å². The number of nitrogens with two attached hydrogens (primary N) is 1. The Morgan fingerprint density at radius 2 is 2.32 bits per heavy atom. The van der Waals surface area contributed by atoms with E-state index in [1.165, 1.54) is 25.3 Å². The Kier molecular flexibility index (Phi) is 5.22. The molecule has 1 aromatic rings. The van der Waals surface area contributed by atoms with Crippen molar-refractivity contribution < 1.29 is 19.6 Å². The molecule has 104 valence electrons. The minimum Gasteiger partial charge on any atom is -0.394 e. The van der Waals surface area contributed by atoms with E-state index in [0.717, 1.165) is 0 Å². The van der Waals surface area contributed by atoms with Crippen LogP contribution in [-0.2, 0) is 4.74 Å². The summed E-state index contributed by atoms with van der Waals surface area (Å²) in [7, 11) is 1.44. The molecule has 0 radical (unpaired) electrons. The quantitative estimate of drug-likeness (QED) is 0.476. The molecule has 0 saturated heterocycles. The minimum absolute atomic E-state index is 0.109. The lowest BCUT2D eigenvalue weighted by Crippen LogP contribution is -2.29. The summed E-state index contributed by atoms with van der Waals surface area (Å²) in [6, 6.07) is 3.21. The maximum Gasteiger partial charge on any atom is 0.292 e. The molecule has 1 atom stereocenters. The van der Waals surface area contributed by atoms with Gasteiger partial charge in [0.1, 0.15) is 5.69 Å². The van der Waals surface area contributed by atoms with Crippen LogP contribution in [0, 0.1) is 10.1 Å². The van der Waals surface area contributed by atoms with Crippen molar-refractivity contribution in [2.24, 2.45) is 5.73 Å². The van der Waals surface area contributed by atoms with E-state index in [4.69, 9.17) is 15.6 Å². The number of hydrogen-bond donors (Lipinski definition) is 3. The predicted octanol–water partition coefficient (Wildman–Crippen LogP) is 0.113. The second-order valence-corrected chi connectivity index (χ2v) is 3.83. The first-order valence-electron chi connectivity index (χ1n) is 5.44. The number of aliphatic hydroxyl groups is 1. The molecule has 0 aromatic heterocycles. The maximum atomic E-state index is 11.1. The summed E-state index contributed by atoms with van der Waals surface area (Å²) in [4.78, 5) is 21.4. The monoisotopic (exact) mass is 269 g/mol. The van der Waals surface area contributed by atoms with Crippen LogP contribution in [0.1, 0.15) is 10.4 Å². The van der Waals surface area contributed by atoms with E-state index in [1.807, 2.05) is 0 Å². The number of benzene rings is 1. The zero-order valence-corrected chi connectivity index (χ0v) is 10.3. The third kappa shape index (κ3) is 3.90. The molecule has 1 aromatic carbocycles. The number of methoxy groups -OCH3 is 1. The molecule has 0 aliphatic rings. The van der Waals surface area contributed by atoms with E-state index < -0.39 is 16.9 Å². The first kappa shape index (κ1) is 14.9. The summed E-state index contributed by atoms with van der Waals surface area (Å²) in [5.74, 6) is -0.690. The first-order chi connectivity index (χ1) is 8.99. The fourth-order valence-electron chi connectivity index (χ4n) is 1.53. The molecule has 0 aliphatic heterocycles. The molecule has 1 rings (SSSR count). The molecule has 19 heavy (non-hydrogen) atoms. The van der Waals surface area contributed by atoms with Crippen molar-refractivity contribution in [2.45, 2.75) is 6.04 Å². The first-order valence-corrected chi connectivity index (χ1v) is 5.44. The van der Waals surface area contributed by atoms with Gasteiger partial charge in [-0.1, -0.05) is 0 Å². The zero-order valence-electron chi connectivity index (χ0n) is 10.3. The Hall–Kier alpha value is -2.19. The third-order valence-electron chi connectivity index (χ3n) is 2.43. The molecule has 8 nitrogen and oxygen atoms in total. The number of ether oxygens (including phenoxy) is 1. The molecule has 1 unspecified atom stereocenters. The lowest BCUT2D eigenvalue weighted by Gasteiger charge is -2.16. The van der Waals surface area contributed by atoms with Crippen molar-refractivity contribution in [2.75, 3.05) is 25.6 Å². The van der Waals surface area contributed by atoms with E-state index in [2.05, 4.69) is 5.32 Å². The number of nitrogens with one attached hydrogen (secondary N) is 1. The van der Waals surface area contributed by atoms with Crippen LogP contribution in [-0.4, -0.2) is 42.3 Å². The van der Waals surface area contributed by atoms with Crippen molar-refractivity contribution in [3.8, 4) is 0 Å². The van der Waals surface area contributed by atoms with Crippen LogP contribution >= 0.6 is 0 Å². The van der Waals surface area contributed by atoms with E-state index in [1.54, 1.807) is 0 Å². The fraction of sp³-hybridized carbons (Fsp3) is 0.364. The van der Waals surface area contributed by atoms with Crippen molar-refractivity contribution in [1.82, 2.24) is 0 Å². The average Bonchev–Trinajstić information content (AvgIpc) is 2.37. The van der Waals surface area contributed by atoms with Gasteiger partial charge in [-0.25, -0.2) is 0 Å². The highest BCUT2D eigenvalue weighted by Gasteiger charge is 2.18. The highest BCUT2D eigenvalue weighted by molar-refractivity contribution is 5.94. The van der Waals surface area contributed by atoms with E-state index in [-0.39, 0.29) is 30.2 Å². The second-order valence-electron chi connectivity index (χ2n) is 3.83. The molecule has 4 N–H and O–H groups in total. The van der Waals surface area contributed by atoms with Gasteiger partial charge in [-0.2, -0.15) is 0 Å². The molecule has 0 heterocycles. The lowest BCUT2D eigenvalue weighted by atomic mass is 10.1. The topological polar surface area (TPSA) is 128 Å². The van der Waals surface area contributed by atoms with Crippen LogP contribution in [0.2, 0.25) is 0 Å². The molecular weight excluding hydrogens is 254 g/mol. The highest BCUT2D eigenvalue weighted by Crippen LogP contribution is 2.26. The van der Waals surface area contributed by atoms with E-state index >= 15 is 0 Å². The van der Waals surface area contributed by atoms with Gasteiger partial charge >= 0.3 is 0 Å². The van der Waals surface area contributed by atoms with Crippen molar-refractivity contribution in [3.63, 3.8) is 0 Å². The van der Waals surface area contributed by atoms with Gasteiger partial charge < -0.3 is 20.9 Å². The summed E-state index contributed by atoms with van der Waals surface area (Å²) in [5.41, 5.74) is 5.16. The Balaban J connectivity index is 3.09. The number of carbonyl (C=O) groups excluding carboxylic acids is 1. The van der Waals surface area contributed by atoms with Crippen LogP contribution in [0.15, 0.2) is 18.2 Å². The lowest BCUT2D eigenvalue weighted by molar-refractivity contribution is -0.384. The Morgan fingerprint density at radius 3 is 2.79 bits per heavy atom. The largest absolute Gasteiger partial charge is 0.394 e. The average molecular weight is 269 g/mol. The zero-order chi connectivity index (χ0) is 14.4. The van der Waals surface area contributed by atoms with Crippen molar-refractivity contribution in [3.05, 3.63) is 33.9 Å². The number of hydrogen-bond acceptors (Lipinski definition) is 6. The molecule has 1 amide bonds. The SMILES string of the molecule is COCC(CO)Nc1cc(C(N)=O)ccc1[N+](=O)[O-]. The molecule has 0 saturated carbocycles. The standard InChI is InChI=1S/C11H15N3O5/c1-19-6-8(5-15)13-9-4-7(11(12)16)2-3-10(9)14(17)18/h2-4,8,13,15H,5-6H2,1H3,(H2,12,16). The number of rotatable bonds is 7.